The van der Waals surface area contributed by atoms with Crippen LogP contribution in [0.25, 0.3) is 0 Å². The second-order valence-corrected chi connectivity index (χ2v) is 5.04. The number of hydrogen-bond donors (Lipinski definition) is 0. The van der Waals surface area contributed by atoms with Gasteiger partial charge in [0.1, 0.15) is 5.60 Å². The molecule has 0 saturated heterocycles. The lowest BCUT2D eigenvalue weighted by Crippen LogP contribution is -2.28. The first-order chi connectivity index (χ1) is 7.18. The molecule has 0 aromatic rings. The van der Waals surface area contributed by atoms with E-state index < -0.39 is 24.0 Å². The number of aliphatic imine (C=N–C) groups is 1. The van der Waals surface area contributed by atoms with Gasteiger partial charge < -0.3 is 4.74 Å². The molecule has 1 amide bonds. The van der Waals surface area contributed by atoms with Crippen LogP contribution in [-0.4, -0.2) is 23.3 Å². The monoisotopic (exact) mass is 233 g/mol. The number of ether oxygens (including phenoxy) is 1. The third-order valence-corrected chi connectivity index (χ3v) is 2.11. The largest absolute Gasteiger partial charge is 0.442 e. The molecule has 0 bridgehead atoms. The molecule has 3 nitrogen and oxygen atoms in total. The number of alkyl halides is 2. The molecule has 0 radical (unpaired) electrons. The van der Waals surface area contributed by atoms with E-state index in [4.69, 9.17) is 4.74 Å². The Morgan fingerprint density at radius 1 is 1.44 bits per heavy atom. The summed E-state index contributed by atoms with van der Waals surface area (Å²) in [5.41, 5.74) is -0.399. The minimum absolute atomic E-state index is 0.125. The van der Waals surface area contributed by atoms with Gasteiger partial charge in [-0.2, -0.15) is 4.99 Å². The summed E-state index contributed by atoms with van der Waals surface area (Å²) in [6.45, 7) is 5.13. The van der Waals surface area contributed by atoms with Crippen molar-refractivity contribution in [3.8, 4) is 0 Å². The molecule has 92 valence electrons. The number of amides is 1. The Labute approximate surface area is 93.9 Å². The lowest BCUT2D eigenvalue weighted by atomic mass is 9.95. The zero-order valence-corrected chi connectivity index (χ0v) is 9.85. The van der Waals surface area contributed by atoms with Crippen LogP contribution in [0, 0.1) is 0 Å². The average molecular weight is 233 g/mol. The molecular weight excluding hydrogens is 216 g/mol. The first kappa shape index (κ1) is 13.1. The Bertz CT molecular complexity index is 306. The van der Waals surface area contributed by atoms with E-state index in [0.717, 1.165) is 0 Å². The second-order valence-electron chi connectivity index (χ2n) is 5.04. The first-order valence-corrected chi connectivity index (χ1v) is 5.35. The van der Waals surface area contributed by atoms with E-state index in [1.807, 2.05) is 0 Å². The van der Waals surface area contributed by atoms with Crippen molar-refractivity contribution in [1.29, 1.82) is 0 Å². The SMILES string of the molecule is CC(C)(C)OC(=O)N=C1CCCC(F)(F)C1. The summed E-state index contributed by atoms with van der Waals surface area (Å²) >= 11 is 0. The Kier molecular flexibility index (Phi) is 3.65. The van der Waals surface area contributed by atoms with E-state index in [1.165, 1.54) is 0 Å². The second kappa shape index (κ2) is 4.47. The molecule has 1 aliphatic carbocycles. The zero-order chi connectivity index (χ0) is 12.4. The lowest BCUT2D eigenvalue weighted by molar-refractivity contribution is -0.00775. The standard InChI is InChI=1S/C11H17F2NO2/c1-10(2,3)16-9(15)14-8-5-4-6-11(12,13)7-8/h4-7H2,1-3H3. The molecular formula is C11H17F2NO2. The zero-order valence-electron chi connectivity index (χ0n) is 9.85. The smallest absolute Gasteiger partial charge is 0.434 e. The van der Waals surface area contributed by atoms with E-state index in [9.17, 15) is 13.6 Å². The van der Waals surface area contributed by atoms with Gasteiger partial charge in [0.2, 0.25) is 0 Å². The quantitative estimate of drug-likeness (QED) is 0.641. The van der Waals surface area contributed by atoms with Crippen molar-refractivity contribution in [3.63, 3.8) is 0 Å². The third-order valence-electron chi connectivity index (χ3n) is 2.11. The normalized spacial score (nSPS) is 23.2. The van der Waals surface area contributed by atoms with Crippen LogP contribution in [0.4, 0.5) is 13.6 Å². The van der Waals surface area contributed by atoms with Crippen LogP contribution in [0.15, 0.2) is 4.99 Å². The average Bonchev–Trinajstić information content (AvgIpc) is 1.96. The van der Waals surface area contributed by atoms with Crippen LogP contribution in [0.1, 0.15) is 46.5 Å². The fourth-order valence-corrected chi connectivity index (χ4v) is 1.54. The van der Waals surface area contributed by atoms with E-state index in [1.54, 1.807) is 20.8 Å². The predicted molar refractivity (Wildman–Crippen MR) is 57.1 cm³/mol. The van der Waals surface area contributed by atoms with Crippen LogP contribution < -0.4 is 0 Å². The van der Waals surface area contributed by atoms with Crippen LogP contribution in [-0.2, 0) is 4.74 Å². The van der Waals surface area contributed by atoms with Gasteiger partial charge in [-0.1, -0.05) is 0 Å². The highest BCUT2D eigenvalue weighted by Gasteiger charge is 2.34. The maximum atomic E-state index is 13.0. The molecule has 5 heteroatoms. The van der Waals surface area contributed by atoms with Crippen LogP contribution in [0.5, 0.6) is 0 Å². The summed E-state index contributed by atoms with van der Waals surface area (Å²) in [5, 5.41) is 0. The van der Waals surface area contributed by atoms with Crippen LogP contribution in [0.3, 0.4) is 0 Å². The highest BCUT2D eigenvalue weighted by atomic mass is 19.3. The van der Waals surface area contributed by atoms with Gasteiger partial charge >= 0.3 is 6.09 Å². The number of nitrogens with zero attached hydrogens (tertiary/aromatic N) is 1. The maximum absolute atomic E-state index is 13.0. The number of halogens is 2. The molecule has 1 aliphatic rings. The Morgan fingerprint density at radius 2 is 2.06 bits per heavy atom. The molecule has 1 saturated carbocycles. The van der Waals surface area contributed by atoms with Gasteiger partial charge in [-0.25, -0.2) is 13.6 Å². The summed E-state index contributed by atoms with van der Waals surface area (Å²) in [6, 6.07) is 0. The summed E-state index contributed by atoms with van der Waals surface area (Å²) in [7, 11) is 0. The first-order valence-electron chi connectivity index (χ1n) is 5.35. The molecule has 0 spiro atoms. The molecule has 0 N–H and O–H groups in total. The fraction of sp³-hybridized carbons (Fsp3) is 0.818. The van der Waals surface area contributed by atoms with Crippen molar-refractivity contribution in [2.45, 2.75) is 58.0 Å². The Hall–Kier alpha value is -1.00. The topological polar surface area (TPSA) is 38.7 Å². The summed E-state index contributed by atoms with van der Waals surface area (Å²) < 4.78 is 31.0. The number of carbonyl (C=O) groups excluding carboxylic acids is 1. The van der Waals surface area contributed by atoms with Crippen molar-refractivity contribution in [2.75, 3.05) is 0 Å². The van der Waals surface area contributed by atoms with Gasteiger partial charge in [-0.15, -0.1) is 0 Å². The van der Waals surface area contributed by atoms with Crippen molar-refractivity contribution in [3.05, 3.63) is 0 Å². The molecule has 0 heterocycles. The molecule has 16 heavy (non-hydrogen) atoms. The lowest BCUT2D eigenvalue weighted by Gasteiger charge is -2.23. The van der Waals surface area contributed by atoms with Gasteiger partial charge in [0, 0.05) is 12.1 Å². The summed E-state index contributed by atoms with van der Waals surface area (Å²) in [6.07, 6.45) is -0.504. The van der Waals surface area contributed by atoms with Crippen molar-refractivity contribution >= 4 is 11.8 Å². The van der Waals surface area contributed by atoms with Gasteiger partial charge in [0.15, 0.2) is 0 Å². The van der Waals surface area contributed by atoms with Gasteiger partial charge in [0.25, 0.3) is 5.92 Å². The molecule has 0 unspecified atom stereocenters. The van der Waals surface area contributed by atoms with Gasteiger partial charge in [-0.05, 0) is 33.6 Å². The third kappa shape index (κ3) is 4.68. The van der Waals surface area contributed by atoms with Crippen molar-refractivity contribution in [2.24, 2.45) is 4.99 Å². The maximum Gasteiger partial charge on any atom is 0.434 e. The van der Waals surface area contributed by atoms with Crippen molar-refractivity contribution < 1.29 is 18.3 Å². The van der Waals surface area contributed by atoms with E-state index in [0.29, 0.717) is 12.8 Å². The molecule has 0 aromatic carbocycles. The summed E-state index contributed by atoms with van der Waals surface area (Å²) in [4.78, 5) is 14.9. The minimum Gasteiger partial charge on any atom is -0.442 e. The van der Waals surface area contributed by atoms with E-state index in [-0.39, 0.29) is 12.1 Å². The molecule has 0 aliphatic heterocycles. The predicted octanol–water partition coefficient (Wildman–Crippen LogP) is 3.57. The van der Waals surface area contributed by atoms with Gasteiger partial charge in [-0.3, -0.25) is 0 Å². The number of rotatable bonds is 0. The summed E-state index contributed by atoms with van der Waals surface area (Å²) in [5.74, 6) is -2.72. The molecule has 0 aromatic heterocycles. The molecule has 1 rings (SSSR count). The van der Waals surface area contributed by atoms with Gasteiger partial charge in [0.05, 0.1) is 6.42 Å². The van der Waals surface area contributed by atoms with Crippen LogP contribution >= 0.6 is 0 Å². The molecule has 1 fully saturated rings. The van der Waals surface area contributed by atoms with Crippen LogP contribution in [0.2, 0.25) is 0 Å². The Balaban J connectivity index is 2.60. The number of carbonyl (C=O) groups is 1. The van der Waals surface area contributed by atoms with E-state index >= 15 is 0 Å². The van der Waals surface area contributed by atoms with E-state index in [2.05, 4.69) is 4.99 Å². The minimum atomic E-state index is -2.72. The number of hydrogen-bond acceptors (Lipinski definition) is 2. The highest BCUT2D eigenvalue weighted by molar-refractivity contribution is 5.94. The van der Waals surface area contributed by atoms with Crippen molar-refractivity contribution in [1.82, 2.24) is 0 Å². The highest BCUT2D eigenvalue weighted by Crippen LogP contribution is 2.31. The Morgan fingerprint density at radius 3 is 2.56 bits per heavy atom. The molecule has 0 atom stereocenters. The fourth-order valence-electron chi connectivity index (χ4n) is 1.54.